The predicted molar refractivity (Wildman–Crippen MR) is 87.8 cm³/mol. The van der Waals surface area contributed by atoms with Gasteiger partial charge in [0.15, 0.2) is 6.61 Å². The molecule has 126 valence electrons. The fraction of sp³-hybridized carbons (Fsp3) is 0.125. The van der Waals surface area contributed by atoms with Crippen molar-refractivity contribution in [3.8, 4) is 0 Å². The van der Waals surface area contributed by atoms with Crippen LogP contribution in [0, 0.1) is 0 Å². The lowest BCUT2D eigenvalue weighted by Crippen LogP contribution is -2.17. The normalized spacial score (nSPS) is 11.5. The first-order chi connectivity index (χ1) is 11.3. The highest BCUT2D eigenvalue weighted by Gasteiger charge is 2.30. The van der Waals surface area contributed by atoms with Gasteiger partial charge in [-0.1, -0.05) is 39.3 Å². The van der Waals surface area contributed by atoms with Crippen LogP contribution in [0.15, 0.2) is 58.2 Å². The molecule has 0 radical (unpaired) electrons. The monoisotopic (exact) mass is 400 g/mol. The van der Waals surface area contributed by atoms with E-state index in [0.717, 1.165) is 22.2 Å². The van der Waals surface area contributed by atoms with E-state index in [0.29, 0.717) is 0 Å². The Bertz CT molecular complexity index is 731. The van der Waals surface area contributed by atoms with Gasteiger partial charge in [-0.15, -0.1) is 0 Å². The Labute approximate surface area is 144 Å². The number of halogens is 4. The van der Waals surface area contributed by atoms with Crippen molar-refractivity contribution in [2.75, 3.05) is 11.9 Å². The van der Waals surface area contributed by atoms with E-state index in [1.807, 2.05) is 12.1 Å². The molecule has 4 nitrogen and oxygen atoms in total. The lowest BCUT2D eigenvalue weighted by Gasteiger charge is -2.09. The van der Waals surface area contributed by atoms with E-state index >= 15 is 0 Å². The number of carbonyl (C=O) groups excluding carboxylic acids is 1. The van der Waals surface area contributed by atoms with E-state index in [9.17, 15) is 18.0 Å². The summed E-state index contributed by atoms with van der Waals surface area (Å²) in [4.78, 5) is 16.5. The van der Waals surface area contributed by atoms with Crippen LogP contribution in [0.25, 0.3) is 0 Å². The SMILES string of the molecule is O=C(CO/N=C\c1ccc(Br)cc1)Nc1cccc(C(F)(F)F)c1. The molecule has 0 saturated carbocycles. The van der Waals surface area contributed by atoms with E-state index in [1.54, 1.807) is 12.1 Å². The minimum Gasteiger partial charge on any atom is -0.386 e. The molecule has 1 amide bonds. The van der Waals surface area contributed by atoms with Crippen molar-refractivity contribution in [1.29, 1.82) is 0 Å². The molecular weight excluding hydrogens is 389 g/mol. The van der Waals surface area contributed by atoms with E-state index in [-0.39, 0.29) is 5.69 Å². The number of alkyl halides is 3. The molecule has 0 saturated heterocycles. The van der Waals surface area contributed by atoms with Gasteiger partial charge < -0.3 is 10.2 Å². The van der Waals surface area contributed by atoms with Gasteiger partial charge in [-0.05, 0) is 35.9 Å². The molecule has 0 fully saturated rings. The molecule has 0 aliphatic carbocycles. The zero-order chi connectivity index (χ0) is 17.6. The lowest BCUT2D eigenvalue weighted by molar-refractivity contribution is -0.137. The summed E-state index contributed by atoms with van der Waals surface area (Å²) < 4.78 is 38.7. The molecule has 0 unspecified atom stereocenters. The number of nitrogens with one attached hydrogen (secondary N) is 1. The molecule has 0 bridgehead atoms. The van der Waals surface area contributed by atoms with E-state index in [1.165, 1.54) is 18.3 Å². The van der Waals surface area contributed by atoms with E-state index in [2.05, 4.69) is 26.4 Å². The van der Waals surface area contributed by atoms with Crippen molar-refractivity contribution in [2.45, 2.75) is 6.18 Å². The van der Waals surface area contributed by atoms with Gasteiger partial charge in [-0.2, -0.15) is 13.2 Å². The molecule has 24 heavy (non-hydrogen) atoms. The highest BCUT2D eigenvalue weighted by molar-refractivity contribution is 9.10. The summed E-state index contributed by atoms with van der Waals surface area (Å²) in [5.41, 5.74) is -0.0266. The Morgan fingerprint density at radius 3 is 2.58 bits per heavy atom. The van der Waals surface area contributed by atoms with Crippen LogP contribution in [0.4, 0.5) is 18.9 Å². The first-order valence-electron chi connectivity index (χ1n) is 6.72. The number of rotatable bonds is 5. The van der Waals surface area contributed by atoms with Crippen LogP contribution in [0.3, 0.4) is 0 Å². The highest BCUT2D eigenvalue weighted by Crippen LogP contribution is 2.30. The highest BCUT2D eigenvalue weighted by atomic mass is 79.9. The second-order valence-corrected chi connectivity index (χ2v) is 5.60. The van der Waals surface area contributed by atoms with Crippen molar-refractivity contribution in [3.05, 3.63) is 64.1 Å². The number of amides is 1. The van der Waals surface area contributed by atoms with Gasteiger partial charge in [-0.3, -0.25) is 4.79 Å². The maximum atomic E-state index is 12.6. The Morgan fingerprint density at radius 1 is 1.21 bits per heavy atom. The van der Waals surface area contributed by atoms with Crippen molar-refractivity contribution >= 4 is 33.7 Å². The number of benzene rings is 2. The van der Waals surface area contributed by atoms with Crippen LogP contribution in [0.1, 0.15) is 11.1 Å². The summed E-state index contributed by atoms with van der Waals surface area (Å²) in [5.74, 6) is -0.609. The molecular formula is C16H12BrF3N2O2. The summed E-state index contributed by atoms with van der Waals surface area (Å²) in [7, 11) is 0. The van der Waals surface area contributed by atoms with Crippen LogP contribution < -0.4 is 5.32 Å². The van der Waals surface area contributed by atoms with Gasteiger partial charge in [0.1, 0.15) is 0 Å². The predicted octanol–water partition coefficient (Wildman–Crippen LogP) is 4.46. The zero-order valence-corrected chi connectivity index (χ0v) is 13.8. The minimum atomic E-state index is -4.47. The Kier molecular flexibility index (Phi) is 5.97. The van der Waals surface area contributed by atoms with E-state index < -0.39 is 24.3 Å². The lowest BCUT2D eigenvalue weighted by atomic mass is 10.2. The van der Waals surface area contributed by atoms with Crippen molar-refractivity contribution in [3.63, 3.8) is 0 Å². The van der Waals surface area contributed by atoms with Gasteiger partial charge in [-0.25, -0.2) is 0 Å². The third kappa shape index (κ3) is 5.69. The molecule has 2 aromatic rings. The fourth-order valence-electron chi connectivity index (χ4n) is 1.71. The van der Waals surface area contributed by atoms with Crippen LogP contribution in [0.5, 0.6) is 0 Å². The smallest absolute Gasteiger partial charge is 0.386 e. The Morgan fingerprint density at radius 2 is 1.92 bits per heavy atom. The molecule has 0 spiro atoms. The minimum absolute atomic E-state index is 0.0373. The number of hydrogen-bond donors (Lipinski definition) is 1. The molecule has 0 aliphatic rings. The van der Waals surface area contributed by atoms with Crippen LogP contribution in [0.2, 0.25) is 0 Å². The molecule has 0 atom stereocenters. The molecule has 1 N–H and O–H groups in total. The van der Waals surface area contributed by atoms with Gasteiger partial charge >= 0.3 is 6.18 Å². The van der Waals surface area contributed by atoms with E-state index in [4.69, 9.17) is 4.84 Å². The number of nitrogens with zero attached hydrogens (tertiary/aromatic N) is 1. The average Bonchev–Trinajstić information content (AvgIpc) is 2.53. The molecule has 2 rings (SSSR count). The summed E-state index contributed by atoms with van der Waals surface area (Å²) in [6.07, 6.45) is -3.05. The third-order valence-corrected chi connectivity index (χ3v) is 3.34. The zero-order valence-electron chi connectivity index (χ0n) is 12.2. The summed E-state index contributed by atoms with van der Waals surface area (Å²) in [5, 5.41) is 5.95. The topological polar surface area (TPSA) is 50.7 Å². The second kappa shape index (κ2) is 7.96. The molecule has 0 heterocycles. The Hall–Kier alpha value is -2.35. The van der Waals surface area contributed by atoms with Crippen LogP contribution in [-0.2, 0) is 15.8 Å². The fourth-order valence-corrected chi connectivity index (χ4v) is 1.98. The number of carbonyl (C=O) groups is 1. The van der Waals surface area contributed by atoms with Crippen molar-refractivity contribution in [2.24, 2.45) is 5.16 Å². The number of anilines is 1. The van der Waals surface area contributed by atoms with Gasteiger partial charge in [0.25, 0.3) is 5.91 Å². The van der Waals surface area contributed by atoms with Crippen molar-refractivity contribution < 1.29 is 22.8 Å². The number of hydrogen-bond acceptors (Lipinski definition) is 3. The first-order valence-corrected chi connectivity index (χ1v) is 7.52. The molecule has 0 aliphatic heterocycles. The summed E-state index contributed by atoms with van der Waals surface area (Å²) in [6, 6.07) is 11.6. The Balaban J connectivity index is 1.84. The largest absolute Gasteiger partial charge is 0.416 e. The first kappa shape index (κ1) is 18.0. The van der Waals surface area contributed by atoms with Crippen LogP contribution >= 0.6 is 15.9 Å². The second-order valence-electron chi connectivity index (χ2n) is 4.69. The molecule has 2 aromatic carbocycles. The summed E-state index contributed by atoms with van der Waals surface area (Å²) in [6.45, 7) is -0.413. The average molecular weight is 401 g/mol. The maximum absolute atomic E-state index is 12.6. The number of oxime groups is 1. The van der Waals surface area contributed by atoms with Crippen LogP contribution in [-0.4, -0.2) is 18.7 Å². The third-order valence-electron chi connectivity index (χ3n) is 2.82. The van der Waals surface area contributed by atoms with Gasteiger partial charge in [0.2, 0.25) is 0 Å². The van der Waals surface area contributed by atoms with Gasteiger partial charge in [0, 0.05) is 10.2 Å². The maximum Gasteiger partial charge on any atom is 0.416 e. The molecule has 0 aromatic heterocycles. The van der Waals surface area contributed by atoms with Gasteiger partial charge in [0.05, 0.1) is 11.8 Å². The van der Waals surface area contributed by atoms with Crippen molar-refractivity contribution in [1.82, 2.24) is 0 Å². The molecule has 8 heteroatoms. The quantitative estimate of drug-likeness (QED) is 0.594. The standard InChI is InChI=1S/C16H12BrF3N2O2/c17-13-6-4-11(5-7-13)9-21-24-10-15(23)22-14-3-1-2-12(8-14)16(18,19)20/h1-9H,10H2,(H,22,23)/b21-9-. The summed E-state index contributed by atoms with van der Waals surface area (Å²) >= 11 is 3.30.